The van der Waals surface area contributed by atoms with Crippen LogP contribution in [0.4, 0.5) is 0 Å². The molecule has 0 aromatic carbocycles. The Balaban J connectivity index is 2.58. The number of guanidine groups is 1. The summed E-state index contributed by atoms with van der Waals surface area (Å²) >= 11 is 0. The van der Waals surface area contributed by atoms with Gasteiger partial charge >= 0.3 is 0 Å². The monoisotopic (exact) mass is 154 g/mol. The summed E-state index contributed by atoms with van der Waals surface area (Å²) in [5.74, 6) is 0.592. The van der Waals surface area contributed by atoms with Crippen LogP contribution < -0.4 is 11.5 Å². The van der Waals surface area contributed by atoms with Crippen LogP contribution in [0.3, 0.4) is 0 Å². The maximum Gasteiger partial charge on any atom is 0.211 e. The normalized spacial score (nSPS) is 27.4. The van der Waals surface area contributed by atoms with Gasteiger partial charge in [0.1, 0.15) is 0 Å². The van der Waals surface area contributed by atoms with E-state index in [2.05, 4.69) is 17.1 Å². The number of rotatable bonds is 1. The fraction of sp³-hybridized carbons (Fsp3) is 0.714. The molecule has 0 aromatic heterocycles. The van der Waals surface area contributed by atoms with Crippen LogP contribution in [0, 0.1) is 5.92 Å². The molecule has 0 aliphatic heterocycles. The van der Waals surface area contributed by atoms with Crippen LogP contribution >= 0.6 is 0 Å². The summed E-state index contributed by atoms with van der Waals surface area (Å²) in [6, 6.07) is 0. The molecule has 4 nitrogen and oxygen atoms in total. The minimum Gasteiger partial charge on any atom is -0.369 e. The lowest BCUT2D eigenvalue weighted by Gasteiger charge is -1.98. The SMILES string of the molecule is CC1CCC/C1=N\N=C(N)N. The Morgan fingerprint density at radius 1 is 1.55 bits per heavy atom. The lowest BCUT2D eigenvalue weighted by molar-refractivity contribution is 0.727. The molecule has 1 aliphatic rings. The minimum absolute atomic E-state index is 0.0385. The average molecular weight is 154 g/mol. The van der Waals surface area contributed by atoms with Gasteiger partial charge in [0.25, 0.3) is 0 Å². The summed E-state index contributed by atoms with van der Waals surface area (Å²) < 4.78 is 0. The Kier molecular flexibility index (Phi) is 2.46. The average Bonchev–Trinajstić information content (AvgIpc) is 2.31. The molecule has 1 fully saturated rings. The zero-order valence-electron chi connectivity index (χ0n) is 6.75. The van der Waals surface area contributed by atoms with Crippen LogP contribution in [0.2, 0.25) is 0 Å². The highest BCUT2D eigenvalue weighted by molar-refractivity contribution is 5.88. The van der Waals surface area contributed by atoms with Crippen molar-refractivity contribution in [3.05, 3.63) is 0 Å². The quantitative estimate of drug-likeness (QED) is 0.326. The molecule has 0 radical (unpaired) electrons. The molecule has 1 saturated carbocycles. The van der Waals surface area contributed by atoms with Gasteiger partial charge in [-0.2, -0.15) is 5.10 Å². The first-order chi connectivity index (χ1) is 5.20. The number of hydrogen-bond donors (Lipinski definition) is 2. The Labute approximate surface area is 66.4 Å². The third-order valence-electron chi connectivity index (χ3n) is 1.93. The predicted molar refractivity (Wildman–Crippen MR) is 46.3 cm³/mol. The van der Waals surface area contributed by atoms with Crippen molar-refractivity contribution < 1.29 is 0 Å². The van der Waals surface area contributed by atoms with Crippen molar-refractivity contribution in [3.8, 4) is 0 Å². The summed E-state index contributed by atoms with van der Waals surface area (Å²) in [6.45, 7) is 2.15. The second kappa shape index (κ2) is 3.37. The van der Waals surface area contributed by atoms with Crippen LogP contribution in [0.5, 0.6) is 0 Å². The Hall–Kier alpha value is -1.06. The Morgan fingerprint density at radius 2 is 2.27 bits per heavy atom. The van der Waals surface area contributed by atoms with Crippen molar-refractivity contribution in [2.75, 3.05) is 0 Å². The van der Waals surface area contributed by atoms with Crippen LogP contribution in [0.25, 0.3) is 0 Å². The molecule has 62 valence electrons. The van der Waals surface area contributed by atoms with Crippen molar-refractivity contribution in [3.63, 3.8) is 0 Å². The lowest BCUT2D eigenvalue weighted by atomic mass is 10.1. The molecule has 0 saturated heterocycles. The van der Waals surface area contributed by atoms with E-state index in [1.807, 2.05) is 0 Å². The van der Waals surface area contributed by atoms with E-state index in [9.17, 15) is 0 Å². The number of nitrogens with zero attached hydrogens (tertiary/aromatic N) is 2. The third-order valence-corrected chi connectivity index (χ3v) is 1.93. The molecule has 0 amide bonds. The van der Waals surface area contributed by atoms with E-state index in [1.54, 1.807) is 0 Å². The van der Waals surface area contributed by atoms with Crippen molar-refractivity contribution in [2.45, 2.75) is 26.2 Å². The van der Waals surface area contributed by atoms with Gasteiger partial charge in [0, 0.05) is 5.71 Å². The molecule has 4 N–H and O–H groups in total. The molecule has 0 spiro atoms. The van der Waals surface area contributed by atoms with Crippen molar-refractivity contribution in [1.82, 2.24) is 0 Å². The van der Waals surface area contributed by atoms with E-state index in [1.165, 1.54) is 12.8 Å². The van der Waals surface area contributed by atoms with Gasteiger partial charge in [-0.3, -0.25) is 0 Å². The van der Waals surface area contributed by atoms with Crippen molar-refractivity contribution in [1.29, 1.82) is 0 Å². The Morgan fingerprint density at radius 3 is 2.73 bits per heavy atom. The van der Waals surface area contributed by atoms with Crippen molar-refractivity contribution >= 4 is 11.7 Å². The second-order valence-electron chi connectivity index (χ2n) is 2.91. The molecule has 1 unspecified atom stereocenters. The minimum atomic E-state index is 0.0385. The van der Waals surface area contributed by atoms with Gasteiger partial charge in [0.15, 0.2) is 0 Å². The molecule has 0 aromatic rings. The molecule has 4 heteroatoms. The van der Waals surface area contributed by atoms with Gasteiger partial charge in [-0.1, -0.05) is 6.92 Å². The van der Waals surface area contributed by atoms with Gasteiger partial charge in [0.05, 0.1) is 0 Å². The van der Waals surface area contributed by atoms with Crippen LogP contribution in [-0.4, -0.2) is 11.7 Å². The molecule has 0 heterocycles. The van der Waals surface area contributed by atoms with Crippen LogP contribution in [-0.2, 0) is 0 Å². The fourth-order valence-electron chi connectivity index (χ4n) is 1.27. The Bertz CT molecular complexity index is 191. The zero-order valence-corrected chi connectivity index (χ0v) is 6.75. The first kappa shape index (κ1) is 8.04. The highest BCUT2D eigenvalue weighted by Crippen LogP contribution is 2.21. The van der Waals surface area contributed by atoms with Gasteiger partial charge in [0.2, 0.25) is 5.96 Å². The number of nitrogens with two attached hydrogens (primary N) is 2. The number of hydrogen-bond acceptors (Lipinski definition) is 2. The van der Waals surface area contributed by atoms with Crippen LogP contribution in [0.15, 0.2) is 10.2 Å². The van der Waals surface area contributed by atoms with E-state index < -0.39 is 0 Å². The van der Waals surface area contributed by atoms with E-state index in [-0.39, 0.29) is 5.96 Å². The lowest BCUT2D eigenvalue weighted by Crippen LogP contribution is -2.22. The first-order valence-electron chi connectivity index (χ1n) is 3.85. The largest absolute Gasteiger partial charge is 0.369 e. The standard InChI is InChI=1S/C7H14N4/c1-5-3-2-4-6(5)10-11-7(8)9/h5H,2-4H2,1H3,(H4,8,9,11)/b10-6+. The molecular formula is C7H14N4. The summed E-state index contributed by atoms with van der Waals surface area (Å²) in [6.07, 6.45) is 3.46. The molecule has 1 atom stereocenters. The zero-order chi connectivity index (χ0) is 8.27. The molecule has 1 aliphatic carbocycles. The molecule has 11 heavy (non-hydrogen) atoms. The summed E-state index contributed by atoms with van der Waals surface area (Å²) in [5.41, 5.74) is 11.4. The molecule has 0 bridgehead atoms. The maximum absolute atomic E-state index is 5.14. The summed E-state index contributed by atoms with van der Waals surface area (Å²) in [7, 11) is 0. The highest BCUT2D eigenvalue weighted by atomic mass is 15.3. The summed E-state index contributed by atoms with van der Waals surface area (Å²) in [5, 5.41) is 7.58. The van der Waals surface area contributed by atoms with E-state index in [4.69, 9.17) is 11.5 Å². The van der Waals surface area contributed by atoms with Gasteiger partial charge in [-0.25, -0.2) is 0 Å². The van der Waals surface area contributed by atoms with E-state index in [0.717, 1.165) is 12.1 Å². The van der Waals surface area contributed by atoms with Gasteiger partial charge in [-0.05, 0) is 25.2 Å². The predicted octanol–water partition coefficient (Wildman–Crippen LogP) is 0.436. The fourth-order valence-corrected chi connectivity index (χ4v) is 1.27. The third kappa shape index (κ3) is 2.22. The van der Waals surface area contributed by atoms with Gasteiger partial charge in [-0.15, -0.1) is 5.10 Å². The maximum atomic E-state index is 5.14. The van der Waals surface area contributed by atoms with Crippen LogP contribution in [0.1, 0.15) is 26.2 Å². The second-order valence-corrected chi connectivity index (χ2v) is 2.91. The van der Waals surface area contributed by atoms with Crippen molar-refractivity contribution in [2.24, 2.45) is 27.6 Å². The topological polar surface area (TPSA) is 76.8 Å². The van der Waals surface area contributed by atoms with E-state index in [0.29, 0.717) is 5.92 Å². The molecule has 1 rings (SSSR count). The molecular weight excluding hydrogens is 140 g/mol. The summed E-state index contributed by atoms with van der Waals surface area (Å²) in [4.78, 5) is 0. The smallest absolute Gasteiger partial charge is 0.211 e. The first-order valence-corrected chi connectivity index (χ1v) is 3.85. The van der Waals surface area contributed by atoms with E-state index >= 15 is 0 Å². The van der Waals surface area contributed by atoms with Gasteiger partial charge < -0.3 is 11.5 Å². The highest BCUT2D eigenvalue weighted by Gasteiger charge is 2.17.